The predicted molar refractivity (Wildman–Crippen MR) is 101 cm³/mol. The zero-order valence-corrected chi connectivity index (χ0v) is 14.8. The summed E-state index contributed by atoms with van der Waals surface area (Å²) in [6.07, 6.45) is 4.61. The molecule has 3 aromatic rings. The number of fused-ring (bicyclic) bond motifs is 2. The summed E-state index contributed by atoms with van der Waals surface area (Å²) in [5.74, 6) is 2.08. The smallest absolute Gasteiger partial charge is 0.133 e. The first kappa shape index (κ1) is 15.0. The number of rotatable bonds is 2. The van der Waals surface area contributed by atoms with Crippen LogP contribution in [-0.4, -0.2) is 0 Å². The minimum Gasteiger partial charge on any atom is -0.485 e. The molecule has 2 atom stereocenters. The minimum atomic E-state index is 0.171. The van der Waals surface area contributed by atoms with Crippen molar-refractivity contribution >= 4 is 11.3 Å². The SMILES string of the molecule is c1ccc2c(c1)CCC(c1ccc(C3CCc4ccccc4O3)s1)O2. The zero-order chi connectivity index (χ0) is 16.6. The highest BCUT2D eigenvalue weighted by Gasteiger charge is 2.26. The summed E-state index contributed by atoms with van der Waals surface area (Å²) in [5.41, 5.74) is 2.64. The highest BCUT2D eigenvalue weighted by atomic mass is 32.1. The monoisotopic (exact) mass is 348 g/mol. The summed E-state index contributed by atoms with van der Waals surface area (Å²) in [7, 11) is 0. The fourth-order valence-corrected chi connectivity index (χ4v) is 4.90. The molecule has 2 aromatic carbocycles. The van der Waals surface area contributed by atoms with Gasteiger partial charge < -0.3 is 9.47 Å². The molecule has 0 amide bonds. The number of hydrogen-bond donors (Lipinski definition) is 0. The van der Waals surface area contributed by atoms with Gasteiger partial charge in [0, 0.05) is 9.75 Å². The van der Waals surface area contributed by atoms with E-state index < -0.39 is 0 Å². The molecule has 0 saturated heterocycles. The van der Waals surface area contributed by atoms with E-state index in [1.165, 1.54) is 20.9 Å². The number of aryl methyl sites for hydroxylation is 2. The van der Waals surface area contributed by atoms with Crippen LogP contribution >= 0.6 is 11.3 Å². The highest BCUT2D eigenvalue weighted by Crippen LogP contribution is 2.41. The van der Waals surface area contributed by atoms with Gasteiger partial charge in [0.15, 0.2) is 0 Å². The Morgan fingerprint density at radius 1 is 0.640 bits per heavy atom. The number of para-hydroxylation sites is 2. The van der Waals surface area contributed by atoms with Gasteiger partial charge >= 0.3 is 0 Å². The molecule has 0 fully saturated rings. The maximum absolute atomic E-state index is 6.24. The van der Waals surface area contributed by atoms with Crippen molar-refractivity contribution in [2.75, 3.05) is 0 Å². The second-order valence-electron chi connectivity index (χ2n) is 6.75. The van der Waals surface area contributed by atoms with E-state index in [9.17, 15) is 0 Å². The Labute approximate surface area is 152 Å². The van der Waals surface area contributed by atoms with Crippen molar-refractivity contribution in [3.63, 3.8) is 0 Å². The molecule has 0 saturated carbocycles. The Kier molecular flexibility index (Phi) is 3.75. The van der Waals surface area contributed by atoms with Crippen molar-refractivity contribution in [2.24, 2.45) is 0 Å². The molecular weight excluding hydrogens is 328 g/mol. The maximum Gasteiger partial charge on any atom is 0.133 e. The first-order valence-corrected chi connectivity index (χ1v) is 9.77. The summed E-state index contributed by atoms with van der Waals surface area (Å²) in [6.45, 7) is 0. The van der Waals surface area contributed by atoms with E-state index in [0.29, 0.717) is 0 Å². The summed E-state index contributed by atoms with van der Waals surface area (Å²) >= 11 is 1.85. The standard InChI is InChI=1S/C22H20O2S/c1-3-7-17-15(5-1)9-11-19(23-17)21-13-14-22(25-21)20-12-10-16-6-2-4-8-18(16)24-20/h1-8,13-14,19-20H,9-12H2. The van der Waals surface area contributed by atoms with Crippen LogP contribution in [0.25, 0.3) is 0 Å². The van der Waals surface area contributed by atoms with Gasteiger partial charge in [0.2, 0.25) is 0 Å². The van der Waals surface area contributed by atoms with Crippen molar-refractivity contribution in [1.29, 1.82) is 0 Å². The average Bonchev–Trinajstić information content (AvgIpc) is 3.17. The average molecular weight is 348 g/mol. The molecule has 2 aliphatic heterocycles. The summed E-state index contributed by atoms with van der Waals surface area (Å²) in [5, 5.41) is 0. The summed E-state index contributed by atoms with van der Waals surface area (Å²) in [4.78, 5) is 2.62. The molecule has 1 aromatic heterocycles. The normalized spacial score (nSPS) is 21.6. The molecule has 2 aliphatic rings. The maximum atomic E-state index is 6.24. The Morgan fingerprint density at radius 2 is 1.12 bits per heavy atom. The number of ether oxygens (including phenoxy) is 2. The van der Waals surface area contributed by atoms with E-state index in [1.54, 1.807) is 0 Å². The van der Waals surface area contributed by atoms with Gasteiger partial charge in [0.25, 0.3) is 0 Å². The van der Waals surface area contributed by atoms with E-state index in [4.69, 9.17) is 9.47 Å². The minimum absolute atomic E-state index is 0.171. The number of benzene rings is 2. The van der Waals surface area contributed by atoms with Gasteiger partial charge in [-0.3, -0.25) is 0 Å². The van der Waals surface area contributed by atoms with Gasteiger partial charge in [-0.15, -0.1) is 11.3 Å². The van der Waals surface area contributed by atoms with Crippen LogP contribution in [0.1, 0.15) is 45.9 Å². The Balaban J connectivity index is 1.35. The van der Waals surface area contributed by atoms with Crippen molar-refractivity contribution < 1.29 is 9.47 Å². The van der Waals surface area contributed by atoms with Crippen LogP contribution < -0.4 is 9.47 Å². The number of thiophene rings is 1. The van der Waals surface area contributed by atoms with E-state index in [1.807, 2.05) is 23.5 Å². The first-order chi connectivity index (χ1) is 12.4. The van der Waals surface area contributed by atoms with Crippen LogP contribution in [-0.2, 0) is 12.8 Å². The van der Waals surface area contributed by atoms with E-state index in [0.717, 1.165) is 37.2 Å². The topological polar surface area (TPSA) is 18.5 Å². The first-order valence-electron chi connectivity index (χ1n) is 8.95. The molecule has 3 heterocycles. The quantitative estimate of drug-likeness (QED) is 0.576. The van der Waals surface area contributed by atoms with Crippen molar-refractivity contribution in [1.82, 2.24) is 0 Å². The van der Waals surface area contributed by atoms with Gasteiger partial charge in [-0.1, -0.05) is 36.4 Å². The van der Waals surface area contributed by atoms with Crippen molar-refractivity contribution in [3.8, 4) is 11.5 Å². The third-order valence-electron chi connectivity index (χ3n) is 5.12. The fourth-order valence-electron chi connectivity index (χ4n) is 3.76. The van der Waals surface area contributed by atoms with Gasteiger partial charge in [0.1, 0.15) is 23.7 Å². The molecule has 0 spiro atoms. The summed E-state index contributed by atoms with van der Waals surface area (Å²) in [6, 6.07) is 21.2. The van der Waals surface area contributed by atoms with Crippen molar-refractivity contribution in [2.45, 2.75) is 37.9 Å². The molecule has 25 heavy (non-hydrogen) atoms. The van der Waals surface area contributed by atoms with E-state index in [2.05, 4.69) is 48.5 Å². The lowest BCUT2D eigenvalue weighted by Gasteiger charge is -2.26. The van der Waals surface area contributed by atoms with Gasteiger partial charge in [0.05, 0.1) is 0 Å². The van der Waals surface area contributed by atoms with E-state index in [-0.39, 0.29) is 12.2 Å². The molecule has 3 heteroatoms. The van der Waals surface area contributed by atoms with Crippen molar-refractivity contribution in [3.05, 3.63) is 81.5 Å². The second kappa shape index (κ2) is 6.23. The lowest BCUT2D eigenvalue weighted by Crippen LogP contribution is -2.14. The van der Waals surface area contributed by atoms with Crippen LogP contribution in [0.4, 0.5) is 0 Å². The fraction of sp³-hybridized carbons (Fsp3) is 0.273. The summed E-state index contributed by atoms with van der Waals surface area (Å²) < 4.78 is 12.5. The Hall–Kier alpha value is -2.26. The molecule has 0 N–H and O–H groups in total. The molecular formula is C22H20O2S. The molecule has 0 aliphatic carbocycles. The van der Waals surface area contributed by atoms with Crippen LogP contribution in [0.2, 0.25) is 0 Å². The van der Waals surface area contributed by atoms with Gasteiger partial charge in [-0.05, 0) is 61.1 Å². The third kappa shape index (κ3) is 2.83. The lowest BCUT2D eigenvalue weighted by molar-refractivity contribution is 0.179. The van der Waals surface area contributed by atoms with Crippen LogP contribution in [0.5, 0.6) is 11.5 Å². The molecule has 126 valence electrons. The van der Waals surface area contributed by atoms with E-state index >= 15 is 0 Å². The largest absolute Gasteiger partial charge is 0.485 e. The van der Waals surface area contributed by atoms with Crippen LogP contribution in [0.15, 0.2) is 60.7 Å². The molecule has 0 bridgehead atoms. The predicted octanol–water partition coefficient (Wildman–Crippen LogP) is 5.88. The van der Waals surface area contributed by atoms with Crippen LogP contribution in [0.3, 0.4) is 0 Å². The highest BCUT2D eigenvalue weighted by molar-refractivity contribution is 7.12. The molecule has 0 radical (unpaired) electrons. The van der Waals surface area contributed by atoms with Crippen LogP contribution in [0, 0.1) is 0 Å². The Morgan fingerprint density at radius 3 is 1.64 bits per heavy atom. The molecule has 2 unspecified atom stereocenters. The Bertz CT molecular complexity index is 826. The molecule has 2 nitrogen and oxygen atoms in total. The third-order valence-corrected chi connectivity index (χ3v) is 6.39. The van der Waals surface area contributed by atoms with Gasteiger partial charge in [-0.2, -0.15) is 0 Å². The zero-order valence-electron chi connectivity index (χ0n) is 14.0. The lowest BCUT2D eigenvalue weighted by atomic mass is 10.0. The number of hydrogen-bond acceptors (Lipinski definition) is 3. The van der Waals surface area contributed by atoms with Gasteiger partial charge in [-0.25, -0.2) is 0 Å². The second-order valence-corrected chi connectivity index (χ2v) is 7.89. The molecule has 5 rings (SSSR count).